The van der Waals surface area contributed by atoms with E-state index in [4.69, 9.17) is 4.74 Å². The van der Waals surface area contributed by atoms with Crippen LogP contribution in [0.1, 0.15) is 25.8 Å². The highest BCUT2D eigenvalue weighted by atomic mass is 16.6. The van der Waals surface area contributed by atoms with Crippen molar-refractivity contribution in [3.63, 3.8) is 0 Å². The van der Waals surface area contributed by atoms with E-state index in [0.29, 0.717) is 12.5 Å². The van der Waals surface area contributed by atoms with Gasteiger partial charge in [0.05, 0.1) is 6.61 Å². The molecule has 0 saturated carbocycles. The Bertz CT molecular complexity index is 451. The van der Waals surface area contributed by atoms with Gasteiger partial charge in [0.15, 0.2) is 0 Å². The fourth-order valence-electron chi connectivity index (χ4n) is 1.43. The second-order valence-electron chi connectivity index (χ2n) is 4.32. The lowest BCUT2D eigenvalue weighted by Gasteiger charge is -2.06. The number of benzene rings is 1. The van der Waals surface area contributed by atoms with Gasteiger partial charge in [-0.3, -0.25) is 0 Å². The van der Waals surface area contributed by atoms with E-state index < -0.39 is 0 Å². The molecule has 0 aliphatic heterocycles. The van der Waals surface area contributed by atoms with Crippen molar-refractivity contribution in [2.24, 2.45) is 5.92 Å². The van der Waals surface area contributed by atoms with E-state index in [-0.39, 0.29) is 0 Å². The molecule has 0 bridgehead atoms. The Morgan fingerprint density at radius 1 is 1.25 bits per heavy atom. The van der Waals surface area contributed by atoms with Crippen LogP contribution in [0.25, 0.3) is 11.0 Å². The van der Waals surface area contributed by atoms with Crippen molar-refractivity contribution >= 4 is 11.0 Å². The molecule has 0 atom stereocenters. The van der Waals surface area contributed by atoms with Crippen molar-refractivity contribution in [3.8, 4) is 0 Å². The lowest BCUT2D eigenvalue weighted by atomic mass is 10.1. The van der Waals surface area contributed by atoms with Crippen LogP contribution in [0.5, 0.6) is 0 Å². The molecule has 0 radical (unpaired) electrons. The van der Waals surface area contributed by atoms with Gasteiger partial charge in [-0.25, -0.2) is 4.63 Å². The first-order valence-electron chi connectivity index (χ1n) is 5.54. The summed E-state index contributed by atoms with van der Waals surface area (Å²) in [6, 6.07) is 5.83. The van der Waals surface area contributed by atoms with Crippen molar-refractivity contribution in [1.29, 1.82) is 0 Å². The number of fused-ring (bicyclic) bond motifs is 1. The van der Waals surface area contributed by atoms with E-state index in [0.717, 1.165) is 29.6 Å². The quantitative estimate of drug-likeness (QED) is 0.727. The molecule has 0 spiro atoms. The SMILES string of the molecule is CC(C)CCOCc1ccc2nonc2c1. The fourth-order valence-corrected chi connectivity index (χ4v) is 1.43. The largest absolute Gasteiger partial charge is 0.377 e. The minimum Gasteiger partial charge on any atom is -0.377 e. The van der Waals surface area contributed by atoms with Crippen LogP contribution >= 0.6 is 0 Å². The maximum atomic E-state index is 5.58. The number of ether oxygens (including phenoxy) is 1. The zero-order valence-electron chi connectivity index (χ0n) is 9.64. The molecule has 4 nitrogen and oxygen atoms in total. The van der Waals surface area contributed by atoms with Crippen LogP contribution in [0.3, 0.4) is 0 Å². The topological polar surface area (TPSA) is 48.2 Å². The molecule has 86 valence electrons. The highest BCUT2D eigenvalue weighted by molar-refractivity contribution is 5.73. The number of aromatic nitrogens is 2. The van der Waals surface area contributed by atoms with Gasteiger partial charge in [-0.2, -0.15) is 0 Å². The normalized spacial score (nSPS) is 11.4. The minimum absolute atomic E-state index is 0.621. The molecule has 0 aliphatic rings. The Labute approximate surface area is 94.6 Å². The molecule has 0 amide bonds. The fraction of sp³-hybridized carbons (Fsp3) is 0.500. The molecule has 0 saturated heterocycles. The smallest absolute Gasteiger partial charge is 0.135 e. The maximum absolute atomic E-state index is 5.58. The van der Waals surface area contributed by atoms with Crippen LogP contribution in [0, 0.1) is 5.92 Å². The number of hydrogen-bond donors (Lipinski definition) is 0. The van der Waals surface area contributed by atoms with Crippen LogP contribution in [0.15, 0.2) is 22.8 Å². The lowest BCUT2D eigenvalue weighted by molar-refractivity contribution is 0.111. The van der Waals surface area contributed by atoms with Gasteiger partial charge in [0, 0.05) is 6.61 Å². The molecule has 0 fully saturated rings. The summed E-state index contributed by atoms with van der Waals surface area (Å²) in [5.74, 6) is 0.683. The molecule has 0 aliphatic carbocycles. The number of nitrogens with zero attached hydrogens (tertiary/aromatic N) is 2. The number of rotatable bonds is 5. The monoisotopic (exact) mass is 220 g/mol. The van der Waals surface area contributed by atoms with Crippen LogP contribution in [0.4, 0.5) is 0 Å². The zero-order chi connectivity index (χ0) is 11.4. The standard InChI is InChI=1S/C12H16N2O2/c1-9(2)5-6-15-8-10-3-4-11-12(7-10)14-16-13-11/h3-4,7,9H,5-6,8H2,1-2H3. The van der Waals surface area contributed by atoms with Crippen molar-refractivity contribution in [1.82, 2.24) is 10.3 Å². The van der Waals surface area contributed by atoms with E-state index in [1.54, 1.807) is 0 Å². The average molecular weight is 220 g/mol. The summed E-state index contributed by atoms with van der Waals surface area (Å²) in [5.41, 5.74) is 2.67. The third-order valence-corrected chi connectivity index (χ3v) is 2.43. The van der Waals surface area contributed by atoms with Crippen molar-refractivity contribution < 1.29 is 9.37 Å². The van der Waals surface area contributed by atoms with Crippen LogP contribution in [0.2, 0.25) is 0 Å². The molecule has 1 heterocycles. The van der Waals surface area contributed by atoms with Crippen LogP contribution in [-0.4, -0.2) is 16.9 Å². The highest BCUT2D eigenvalue weighted by Crippen LogP contribution is 2.12. The van der Waals surface area contributed by atoms with E-state index in [9.17, 15) is 0 Å². The summed E-state index contributed by atoms with van der Waals surface area (Å²) < 4.78 is 10.2. The molecule has 0 unspecified atom stereocenters. The molecule has 16 heavy (non-hydrogen) atoms. The van der Waals surface area contributed by atoms with Gasteiger partial charge in [0.1, 0.15) is 11.0 Å². The Kier molecular flexibility index (Phi) is 3.51. The summed E-state index contributed by atoms with van der Waals surface area (Å²) in [7, 11) is 0. The molecule has 2 rings (SSSR count). The van der Waals surface area contributed by atoms with Crippen molar-refractivity contribution in [2.75, 3.05) is 6.61 Å². The third kappa shape index (κ3) is 2.79. The zero-order valence-corrected chi connectivity index (χ0v) is 9.64. The van der Waals surface area contributed by atoms with Crippen LogP contribution in [-0.2, 0) is 11.3 Å². The van der Waals surface area contributed by atoms with Gasteiger partial charge in [0.2, 0.25) is 0 Å². The van der Waals surface area contributed by atoms with Crippen molar-refractivity contribution in [3.05, 3.63) is 23.8 Å². The first kappa shape index (κ1) is 11.1. The molecule has 1 aromatic heterocycles. The van der Waals surface area contributed by atoms with Gasteiger partial charge < -0.3 is 4.74 Å². The van der Waals surface area contributed by atoms with Gasteiger partial charge in [0.25, 0.3) is 0 Å². The molecular weight excluding hydrogens is 204 g/mol. The minimum atomic E-state index is 0.621. The van der Waals surface area contributed by atoms with E-state index >= 15 is 0 Å². The predicted molar refractivity (Wildman–Crippen MR) is 60.9 cm³/mol. The molecule has 2 aromatic rings. The van der Waals surface area contributed by atoms with Gasteiger partial charge in [-0.05, 0) is 40.3 Å². The van der Waals surface area contributed by atoms with E-state index in [1.807, 2.05) is 18.2 Å². The molecular formula is C12H16N2O2. The molecule has 1 aromatic carbocycles. The second-order valence-corrected chi connectivity index (χ2v) is 4.32. The first-order chi connectivity index (χ1) is 7.75. The highest BCUT2D eigenvalue weighted by Gasteiger charge is 2.01. The Morgan fingerprint density at radius 2 is 2.06 bits per heavy atom. The van der Waals surface area contributed by atoms with E-state index in [2.05, 4.69) is 28.8 Å². The summed E-state index contributed by atoms with van der Waals surface area (Å²) in [6.45, 7) is 5.80. The summed E-state index contributed by atoms with van der Waals surface area (Å²) >= 11 is 0. The maximum Gasteiger partial charge on any atom is 0.135 e. The summed E-state index contributed by atoms with van der Waals surface area (Å²) in [4.78, 5) is 0. The van der Waals surface area contributed by atoms with Crippen molar-refractivity contribution in [2.45, 2.75) is 26.9 Å². The van der Waals surface area contributed by atoms with Crippen LogP contribution < -0.4 is 0 Å². The predicted octanol–water partition coefficient (Wildman–Crippen LogP) is 2.79. The van der Waals surface area contributed by atoms with Gasteiger partial charge in [-0.1, -0.05) is 19.9 Å². The van der Waals surface area contributed by atoms with Gasteiger partial charge in [-0.15, -0.1) is 0 Å². The second kappa shape index (κ2) is 5.07. The van der Waals surface area contributed by atoms with E-state index in [1.165, 1.54) is 0 Å². The third-order valence-electron chi connectivity index (χ3n) is 2.43. The average Bonchev–Trinajstić information content (AvgIpc) is 2.71. The lowest BCUT2D eigenvalue weighted by Crippen LogP contribution is -1.99. The Hall–Kier alpha value is -1.42. The Morgan fingerprint density at radius 3 is 2.88 bits per heavy atom. The number of hydrogen-bond acceptors (Lipinski definition) is 4. The summed E-state index contributed by atoms with van der Waals surface area (Å²) in [5, 5.41) is 7.55. The summed E-state index contributed by atoms with van der Waals surface area (Å²) in [6.07, 6.45) is 1.09. The molecule has 4 heteroatoms. The van der Waals surface area contributed by atoms with Gasteiger partial charge >= 0.3 is 0 Å². The molecule has 0 N–H and O–H groups in total. The first-order valence-corrected chi connectivity index (χ1v) is 5.54. The Balaban J connectivity index is 1.89.